The van der Waals surface area contributed by atoms with E-state index in [-0.39, 0.29) is 19.3 Å². The minimum Gasteiger partial charge on any atom is -0.395 e. The average molecular weight is 470 g/mol. The molecule has 0 aromatic rings. The highest BCUT2D eigenvalue weighted by atomic mass is 16.3. The van der Waals surface area contributed by atoms with E-state index in [1.807, 2.05) is 0 Å². The lowest BCUT2D eigenvalue weighted by atomic mass is 10.0. The van der Waals surface area contributed by atoms with Crippen molar-refractivity contribution in [3.63, 3.8) is 0 Å². The summed E-state index contributed by atoms with van der Waals surface area (Å²) in [7, 11) is 0. The molecule has 0 rings (SSSR count). The molecule has 0 aliphatic rings. The highest BCUT2D eigenvalue weighted by Crippen LogP contribution is 2.16. The molecule has 0 spiro atoms. The molecule has 200 valence electrons. The first-order valence-corrected chi connectivity index (χ1v) is 15.3. The number of hydrogen-bond donors (Lipinski definition) is 2. The van der Waals surface area contributed by atoms with Gasteiger partial charge in [-0.3, -0.25) is 4.90 Å². The molecule has 1 atom stereocenters. The Morgan fingerprint density at radius 3 is 1.18 bits per heavy atom. The van der Waals surface area contributed by atoms with Crippen LogP contribution in [0.15, 0.2) is 0 Å². The van der Waals surface area contributed by atoms with Gasteiger partial charge >= 0.3 is 0 Å². The fourth-order valence-corrected chi connectivity index (χ4v) is 5.02. The fraction of sp³-hybridized carbons (Fsp3) is 1.00. The summed E-state index contributed by atoms with van der Waals surface area (Å²) in [6.45, 7) is 6.73. The zero-order valence-electron chi connectivity index (χ0n) is 23.0. The van der Waals surface area contributed by atoms with Gasteiger partial charge in [-0.15, -0.1) is 0 Å². The summed E-state index contributed by atoms with van der Waals surface area (Å²) in [6.07, 6.45) is 31.1. The van der Waals surface area contributed by atoms with E-state index >= 15 is 0 Å². The minimum atomic E-state index is 0.201. The average Bonchev–Trinajstić information content (AvgIpc) is 2.83. The topological polar surface area (TPSA) is 43.7 Å². The third-order valence-corrected chi connectivity index (χ3v) is 7.30. The Kier molecular flexibility index (Phi) is 28.0. The van der Waals surface area contributed by atoms with Crippen LogP contribution in [0.3, 0.4) is 0 Å². The molecule has 0 aromatic carbocycles. The van der Waals surface area contributed by atoms with Crippen LogP contribution >= 0.6 is 0 Å². The van der Waals surface area contributed by atoms with E-state index in [1.54, 1.807) is 0 Å². The summed E-state index contributed by atoms with van der Waals surface area (Å²) in [5.74, 6) is 0. The van der Waals surface area contributed by atoms with E-state index in [0.29, 0.717) is 6.54 Å². The zero-order chi connectivity index (χ0) is 24.2. The number of rotatable bonds is 28. The Balaban J connectivity index is 3.71. The molecule has 0 saturated carbocycles. The molecule has 33 heavy (non-hydrogen) atoms. The van der Waals surface area contributed by atoms with Gasteiger partial charge in [-0.05, 0) is 19.4 Å². The van der Waals surface area contributed by atoms with Gasteiger partial charge in [0.2, 0.25) is 0 Å². The third-order valence-electron chi connectivity index (χ3n) is 7.30. The Morgan fingerprint density at radius 2 is 0.818 bits per heavy atom. The Hall–Kier alpha value is -0.120. The molecule has 3 heteroatoms. The van der Waals surface area contributed by atoms with Crippen molar-refractivity contribution in [1.29, 1.82) is 0 Å². The molecular weight excluding hydrogens is 406 g/mol. The van der Waals surface area contributed by atoms with Crippen molar-refractivity contribution in [3.05, 3.63) is 0 Å². The molecular formula is C30H63NO2. The normalized spacial score (nSPS) is 12.6. The lowest BCUT2D eigenvalue weighted by Gasteiger charge is -2.30. The quantitative estimate of drug-likeness (QED) is 0.113. The number of unbranched alkanes of at least 4 members (excludes halogenated alkanes) is 20. The molecule has 2 N–H and O–H groups in total. The van der Waals surface area contributed by atoms with Crippen molar-refractivity contribution in [2.45, 2.75) is 168 Å². The first kappa shape index (κ1) is 32.9. The Bertz CT molecular complexity index is 350. The summed E-state index contributed by atoms with van der Waals surface area (Å²) >= 11 is 0. The maximum Gasteiger partial charge on any atom is 0.0586 e. The third kappa shape index (κ3) is 23.4. The first-order valence-electron chi connectivity index (χ1n) is 15.3. The van der Waals surface area contributed by atoms with Gasteiger partial charge in [-0.1, -0.05) is 149 Å². The summed E-state index contributed by atoms with van der Waals surface area (Å²) in [6, 6.07) is 0.235. The first-order chi connectivity index (χ1) is 16.3. The zero-order valence-corrected chi connectivity index (χ0v) is 23.0. The van der Waals surface area contributed by atoms with Crippen LogP contribution in [0.4, 0.5) is 0 Å². The molecule has 0 radical (unpaired) electrons. The number of aliphatic hydroxyl groups is 2. The van der Waals surface area contributed by atoms with Gasteiger partial charge in [0.25, 0.3) is 0 Å². The van der Waals surface area contributed by atoms with Crippen LogP contribution in [0, 0.1) is 0 Å². The molecule has 0 aliphatic carbocycles. The van der Waals surface area contributed by atoms with Crippen LogP contribution in [0.5, 0.6) is 0 Å². The van der Waals surface area contributed by atoms with Gasteiger partial charge < -0.3 is 10.2 Å². The van der Waals surface area contributed by atoms with Crippen LogP contribution < -0.4 is 0 Å². The van der Waals surface area contributed by atoms with Crippen molar-refractivity contribution in [2.24, 2.45) is 0 Å². The van der Waals surface area contributed by atoms with Crippen LogP contribution in [-0.4, -0.2) is 47.5 Å². The van der Waals surface area contributed by atoms with E-state index in [4.69, 9.17) is 0 Å². The van der Waals surface area contributed by atoms with Crippen molar-refractivity contribution in [3.8, 4) is 0 Å². The van der Waals surface area contributed by atoms with Crippen LogP contribution in [0.2, 0.25) is 0 Å². The van der Waals surface area contributed by atoms with Crippen LogP contribution in [0.25, 0.3) is 0 Å². The van der Waals surface area contributed by atoms with E-state index in [0.717, 1.165) is 13.0 Å². The maximum atomic E-state index is 9.93. The Labute approximate surface area is 209 Å². The van der Waals surface area contributed by atoms with Gasteiger partial charge in [0.1, 0.15) is 0 Å². The smallest absolute Gasteiger partial charge is 0.0586 e. The standard InChI is InChI=1S/C30H63NO2/c1-3-5-7-9-11-13-15-16-18-20-22-24-26-31(27-28-32)30(29-33)25-23-21-19-17-14-12-10-8-6-4-2/h30,32-33H,3-29H2,1-2H3. The highest BCUT2D eigenvalue weighted by Gasteiger charge is 2.16. The molecule has 1 unspecified atom stereocenters. The van der Waals surface area contributed by atoms with Gasteiger partial charge in [-0.2, -0.15) is 0 Å². The monoisotopic (exact) mass is 469 g/mol. The predicted molar refractivity (Wildman–Crippen MR) is 147 cm³/mol. The lowest BCUT2D eigenvalue weighted by Crippen LogP contribution is -2.40. The molecule has 0 saturated heterocycles. The van der Waals surface area contributed by atoms with E-state index in [9.17, 15) is 10.2 Å². The van der Waals surface area contributed by atoms with E-state index < -0.39 is 0 Å². The van der Waals surface area contributed by atoms with Gasteiger partial charge in [0.05, 0.1) is 13.2 Å². The van der Waals surface area contributed by atoms with Crippen LogP contribution in [-0.2, 0) is 0 Å². The fourth-order valence-electron chi connectivity index (χ4n) is 5.02. The second-order valence-corrected chi connectivity index (χ2v) is 10.5. The molecule has 3 nitrogen and oxygen atoms in total. The SMILES string of the molecule is CCCCCCCCCCCCCCN(CCO)C(CO)CCCCCCCCCCCC. The van der Waals surface area contributed by atoms with Crippen molar-refractivity contribution in [1.82, 2.24) is 4.90 Å². The highest BCUT2D eigenvalue weighted by molar-refractivity contribution is 4.71. The number of aliphatic hydroxyl groups excluding tert-OH is 2. The minimum absolute atomic E-state index is 0.201. The maximum absolute atomic E-state index is 9.93. The molecule has 0 aromatic heterocycles. The van der Waals surface area contributed by atoms with E-state index in [1.165, 1.54) is 141 Å². The summed E-state index contributed by atoms with van der Waals surface area (Å²) in [5.41, 5.74) is 0. The molecule has 0 amide bonds. The van der Waals surface area contributed by atoms with Gasteiger partial charge in [0, 0.05) is 12.6 Å². The summed E-state index contributed by atoms with van der Waals surface area (Å²) < 4.78 is 0. The second-order valence-electron chi connectivity index (χ2n) is 10.5. The van der Waals surface area contributed by atoms with Gasteiger partial charge in [0.15, 0.2) is 0 Å². The largest absolute Gasteiger partial charge is 0.395 e. The summed E-state index contributed by atoms with van der Waals surface area (Å²) in [5, 5.41) is 19.4. The Morgan fingerprint density at radius 1 is 0.455 bits per heavy atom. The number of nitrogens with zero attached hydrogens (tertiary/aromatic N) is 1. The summed E-state index contributed by atoms with van der Waals surface area (Å²) in [4.78, 5) is 2.35. The van der Waals surface area contributed by atoms with Crippen molar-refractivity contribution >= 4 is 0 Å². The van der Waals surface area contributed by atoms with Crippen LogP contribution in [0.1, 0.15) is 162 Å². The number of hydrogen-bond acceptors (Lipinski definition) is 3. The predicted octanol–water partition coefficient (Wildman–Crippen LogP) is 8.65. The second kappa shape index (κ2) is 28.1. The van der Waals surface area contributed by atoms with Crippen molar-refractivity contribution < 1.29 is 10.2 Å². The molecule has 0 aliphatic heterocycles. The van der Waals surface area contributed by atoms with E-state index in [2.05, 4.69) is 18.7 Å². The van der Waals surface area contributed by atoms with Crippen molar-refractivity contribution in [2.75, 3.05) is 26.3 Å². The van der Waals surface area contributed by atoms with Gasteiger partial charge in [-0.25, -0.2) is 0 Å². The molecule has 0 fully saturated rings. The molecule has 0 heterocycles. The lowest BCUT2D eigenvalue weighted by molar-refractivity contribution is 0.0926. The molecule has 0 bridgehead atoms.